The largest absolute Gasteiger partial charge is 0.351 e. The number of carbonyl (C=O) groups excluding carboxylic acids is 2. The number of nitrogens with two attached hydrogens (primary N) is 1. The first kappa shape index (κ1) is 14.5. The predicted molar refractivity (Wildman–Crippen MR) is 72.4 cm³/mol. The van der Waals surface area contributed by atoms with Gasteiger partial charge in [0.1, 0.15) is 0 Å². The van der Waals surface area contributed by atoms with Gasteiger partial charge in [0.15, 0.2) is 0 Å². The van der Waals surface area contributed by atoms with E-state index in [1.54, 1.807) is 18.7 Å². The van der Waals surface area contributed by atoms with E-state index >= 15 is 0 Å². The zero-order valence-corrected chi connectivity index (χ0v) is 11.0. The molecule has 1 rings (SSSR count). The summed E-state index contributed by atoms with van der Waals surface area (Å²) in [4.78, 5) is 23.0. The minimum atomic E-state index is -0.827. The summed E-state index contributed by atoms with van der Waals surface area (Å²) in [5.41, 5.74) is 4.86. The third kappa shape index (κ3) is 5.70. The van der Waals surface area contributed by atoms with Gasteiger partial charge >= 0.3 is 6.03 Å². The second-order valence-corrected chi connectivity index (χ2v) is 4.86. The molecule has 0 bridgehead atoms. The molecule has 98 valence electrons. The fourth-order valence-corrected chi connectivity index (χ4v) is 2.09. The van der Waals surface area contributed by atoms with Gasteiger partial charge in [-0.3, -0.25) is 10.1 Å². The molecule has 6 heteroatoms. The van der Waals surface area contributed by atoms with Crippen LogP contribution >= 0.6 is 11.8 Å². The van der Waals surface area contributed by atoms with Gasteiger partial charge in [0, 0.05) is 17.2 Å². The molecule has 3 amide bonds. The summed E-state index contributed by atoms with van der Waals surface area (Å²) >= 11 is 1.70. The maximum atomic E-state index is 11.3. The van der Waals surface area contributed by atoms with E-state index in [1.165, 1.54) is 4.90 Å². The summed E-state index contributed by atoms with van der Waals surface area (Å²) in [7, 11) is 0. The molecule has 0 spiro atoms. The van der Waals surface area contributed by atoms with Crippen molar-refractivity contribution in [2.45, 2.75) is 17.9 Å². The van der Waals surface area contributed by atoms with E-state index in [2.05, 4.69) is 5.32 Å². The molecule has 5 nitrogen and oxygen atoms in total. The molecule has 0 saturated heterocycles. The average Bonchev–Trinajstić information content (AvgIpc) is 2.34. The highest BCUT2D eigenvalue weighted by molar-refractivity contribution is 7.99. The topological polar surface area (TPSA) is 84.2 Å². The normalized spacial score (nSPS) is 11.8. The Morgan fingerprint density at radius 1 is 1.33 bits per heavy atom. The number of imide groups is 1. The number of urea groups is 1. The molecular formula is C12H17N3O2S. The molecule has 0 aliphatic carbocycles. The highest BCUT2D eigenvalue weighted by Crippen LogP contribution is 2.15. The summed E-state index contributed by atoms with van der Waals surface area (Å²) < 4.78 is 0. The summed E-state index contributed by atoms with van der Waals surface area (Å²) in [6, 6.07) is 8.75. The number of primary amides is 1. The van der Waals surface area contributed by atoms with Crippen molar-refractivity contribution in [2.24, 2.45) is 5.73 Å². The number of carbonyl (C=O) groups is 2. The van der Waals surface area contributed by atoms with Crippen molar-refractivity contribution in [1.29, 1.82) is 0 Å². The fraction of sp³-hybridized carbons (Fsp3) is 0.333. The van der Waals surface area contributed by atoms with Crippen molar-refractivity contribution < 1.29 is 9.59 Å². The van der Waals surface area contributed by atoms with Gasteiger partial charge in [0.2, 0.25) is 5.91 Å². The van der Waals surface area contributed by atoms with Gasteiger partial charge in [-0.2, -0.15) is 0 Å². The molecular weight excluding hydrogens is 250 g/mol. The van der Waals surface area contributed by atoms with Crippen LogP contribution < -0.4 is 16.4 Å². The Balaban J connectivity index is 2.18. The summed E-state index contributed by atoms with van der Waals surface area (Å²) in [6.07, 6.45) is 0. The Morgan fingerprint density at radius 2 is 2.00 bits per heavy atom. The first-order valence-electron chi connectivity index (χ1n) is 5.61. The molecule has 4 N–H and O–H groups in total. The van der Waals surface area contributed by atoms with E-state index in [4.69, 9.17) is 5.73 Å². The standard InChI is InChI=1S/C12H17N3O2S/c1-9(11(16)15-12(13)17)14-7-8-18-10-5-3-2-4-6-10/h2-6,9,14H,7-8H2,1H3,(H3,13,15,16,17). The van der Waals surface area contributed by atoms with Gasteiger partial charge in [-0.15, -0.1) is 11.8 Å². The van der Waals surface area contributed by atoms with Crippen molar-refractivity contribution in [3.8, 4) is 0 Å². The zero-order valence-electron chi connectivity index (χ0n) is 10.2. The molecule has 0 aliphatic heterocycles. The first-order chi connectivity index (χ1) is 8.59. The molecule has 1 aromatic rings. The van der Waals surface area contributed by atoms with Crippen LogP contribution in [-0.4, -0.2) is 30.3 Å². The number of hydrogen-bond donors (Lipinski definition) is 3. The lowest BCUT2D eigenvalue weighted by Gasteiger charge is -2.12. The maximum absolute atomic E-state index is 11.3. The van der Waals surface area contributed by atoms with E-state index < -0.39 is 18.0 Å². The van der Waals surface area contributed by atoms with Crippen molar-refractivity contribution in [1.82, 2.24) is 10.6 Å². The minimum Gasteiger partial charge on any atom is -0.351 e. The van der Waals surface area contributed by atoms with Gasteiger partial charge in [0.05, 0.1) is 6.04 Å². The first-order valence-corrected chi connectivity index (χ1v) is 6.59. The van der Waals surface area contributed by atoms with E-state index in [0.717, 1.165) is 5.75 Å². The minimum absolute atomic E-state index is 0.410. The molecule has 0 radical (unpaired) electrons. The number of rotatable bonds is 6. The SMILES string of the molecule is CC(NCCSc1ccccc1)C(=O)NC(N)=O. The summed E-state index contributed by atoms with van der Waals surface area (Å²) in [5, 5.41) is 5.05. The van der Waals surface area contributed by atoms with Crippen molar-refractivity contribution in [2.75, 3.05) is 12.3 Å². The van der Waals surface area contributed by atoms with Gasteiger partial charge in [-0.1, -0.05) is 18.2 Å². The van der Waals surface area contributed by atoms with Crippen LogP contribution in [0.4, 0.5) is 4.79 Å². The number of hydrogen-bond acceptors (Lipinski definition) is 4. The summed E-state index contributed by atoms with van der Waals surface area (Å²) in [5.74, 6) is 0.435. The van der Waals surface area contributed by atoms with Crippen molar-refractivity contribution in [3.05, 3.63) is 30.3 Å². The van der Waals surface area contributed by atoms with Crippen molar-refractivity contribution in [3.63, 3.8) is 0 Å². The predicted octanol–water partition coefficient (Wildman–Crippen LogP) is 0.952. The number of nitrogens with one attached hydrogen (secondary N) is 2. The van der Waals surface area contributed by atoms with E-state index in [1.807, 2.05) is 35.6 Å². The number of benzene rings is 1. The van der Waals surface area contributed by atoms with Crippen LogP contribution in [0.15, 0.2) is 35.2 Å². The van der Waals surface area contributed by atoms with Crippen LogP contribution in [0.1, 0.15) is 6.92 Å². The molecule has 0 saturated carbocycles. The van der Waals surface area contributed by atoms with Crippen LogP contribution in [0.3, 0.4) is 0 Å². The maximum Gasteiger partial charge on any atom is 0.318 e. The molecule has 0 aromatic heterocycles. The zero-order chi connectivity index (χ0) is 13.4. The smallest absolute Gasteiger partial charge is 0.318 e. The van der Waals surface area contributed by atoms with Gasteiger partial charge in [-0.05, 0) is 19.1 Å². The van der Waals surface area contributed by atoms with Crippen LogP contribution in [-0.2, 0) is 4.79 Å². The second-order valence-electron chi connectivity index (χ2n) is 3.69. The van der Waals surface area contributed by atoms with Crippen LogP contribution in [0.25, 0.3) is 0 Å². The monoisotopic (exact) mass is 267 g/mol. The summed E-state index contributed by atoms with van der Waals surface area (Å²) in [6.45, 7) is 2.36. The van der Waals surface area contributed by atoms with Crippen LogP contribution in [0, 0.1) is 0 Å². The van der Waals surface area contributed by atoms with E-state index in [9.17, 15) is 9.59 Å². The van der Waals surface area contributed by atoms with Crippen molar-refractivity contribution >= 4 is 23.7 Å². The highest BCUT2D eigenvalue weighted by Gasteiger charge is 2.12. The second kappa shape index (κ2) is 7.73. The Hall–Kier alpha value is -1.53. The van der Waals surface area contributed by atoms with E-state index in [0.29, 0.717) is 6.54 Å². The molecule has 0 aliphatic rings. The highest BCUT2D eigenvalue weighted by atomic mass is 32.2. The van der Waals surface area contributed by atoms with Crippen LogP contribution in [0.2, 0.25) is 0 Å². The molecule has 0 fully saturated rings. The molecule has 18 heavy (non-hydrogen) atoms. The molecule has 1 aromatic carbocycles. The fourth-order valence-electron chi connectivity index (χ4n) is 1.28. The lowest BCUT2D eigenvalue weighted by Crippen LogP contribution is -2.46. The molecule has 1 unspecified atom stereocenters. The quantitative estimate of drug-likeness (QED) is 0.529. The Kier molecular flexibility index (Phi) is 6.24. The Morgan fingerprint density at radius 3 is 2.61 bits per heavy atom. The third-order valence-electron chi connectivity index (χ3n) is 2.20. The number of amides is 3. The average molecular weight is 267 g/mol. The molecule has 1 atom stereocenters. The Labute approximate surface area is 111 Å². The van der Waals surface area contributed by atoms with Gasteiger partial charge < -0.3 is 11.1 Å². The lowest BCUT2D eigenvalue weighted by molar-refractivity contribution is -0.121. The molecule has 0 heterocycles. The lowest BCUT2D eigenvalue weighted by atomic mass is 10.3. The van der Waals surface area contributed by atoms with Gasteiger partial charge in [-0.25, -0.2) is 4.79 Å². The van der Waals surface area contributed by atoms with Gasteiger partial charge in [0.25, 0.3) is 0 Å². The van der Waals surface area contributed by atoms with Crippen LogP contribution in [0.5, 0.6) is 0 Å². The Bertz CT molecular complexity index is 398. The van der Waals surface area contributed by atoms with E-state index in [-0.39, 0.29) is 0 Å². The number of thioether (sulfide) groups is 1. The third-order valence-corrected chi connectivity index (χ3v) is 3.22.